The molecule has 3 aromatic rings. The van der Waals surface area contributed by atoms with Crippen molar-refractivity contribution in [3.8, 4) is 0 Å². The van der Waals surface area contributed by atoms with Crippen molar-refractivity contribution in [2.75, 3.05) is 22.9 Å². The Bertz CT molecular complexity index is 1410. The number of nitrogens with one attached hydrogen (secondary N) is 1. The summed E-state index contributed by atoms with van der Waals surface area (Å²) in [5.41, 5.74) is 5.17. The Morgan fingerprint density at radius 1 is 1.20 bits per heavy atom. The van der Waals surface area contributed by atoms with Gasteiger partial charge in [0.1, 0.15) is 5.82 Å². The Hall–Kier alpha value is -3.60. The highest BCUT2D eigenvalue weighted by molar-refractivity contribution is 7.99. The number of nitrogens with two attached hydrogens (primary N) is 1. The van der Waals surface area contributed by atoms with E-state index in [1.807, 2.05) is 13.8 Å². The highest BCUT2D eigenvalue weighted by Gasteiger charge is 2.24. The van der Waals surface area contributed by atoms with Crippen molar-refractivity contribution >= 4 is 40.1 Å². The van der Waals surface area contributed by atoms with Crippen LogP contribution in [0.2, 0.25) is 0 Å². The number of aromatic amines is 1. The lowest BCUT2D eigenvalue weighted by atomic mass is 10.2. The highest BCUT2D eigenvalue weighted by Crippen LogP contribution is 2.22. The fourth-order valence-electron chi connectivity index (χ4n) is 3.71. The molecule has 0 bridgehead atoms. The molecule has 3 rings (SSSR count). The van der Waals surface area contributed by atoms with E-state index in [0.29, 0.717) is 35.4 Å². The number of rotatable bonds is 11. The van der Waals surface area contributed by atoms with Gasteiger partial charge in [-0.05, 0) is 25.0 Å². The average molecular weight is 499 g/mol. The first-order chi connectivity index (χ1) is 16.8. The first-order valence-corrected chi connectivity index (χ1v) is 12.5. The van der Waals surface area contributed by atoms with Crippen molar-refractivity contribution in [1.82, 2.24) is 19.1 Å². The molecule has 0 saturated carbocycles. The van der Waals surface area contributed by atoms with Crippen LogP contribution in [0.5, 0.6) is 0 Å². The number of hydrogen-bond donors (Lipinski definition) is 2. The number of nitrogen functional groups attached to an aromatic ring is 1. The van der Waals surface area contributed by atoms with Crippen LogP contribution >= 0.6 is 11.8 Å². The molecule has 0 radical (unpaired) electrons. The summed E-state index contributed by atoms with van der Waals surface area (Å²) in [5.74, 6) is -0.505. The molecule has 0 unspecified atom stereocenters. The lowest BCUT2D eigenvalue weighted by molar-refractivity contribution is -0.116. The lowest BCUT2D eigenvalue weighted by Gasteiger charge is -2.24. The Labute approximate surface area is 206 Å². The van der Waals surface area contributed by atoms with Gasteiger partial charge in [0.15, 0.2) is 10.8 Å². The summed E-state index contributed by atoms with van der Waals surface area (Å²) in [6.45, 7) is 8.38. The standard InChI is InChI=1S/C24H30N6O4S/c1-4-7-14-28(19-20(25)29(12-5-2)23(34)27-21(19)32)18(31)15-35-24-26-17-11-9-8-10-16(17)22(33)30(24)13-6-3/h6,8-11H,3-5,7,12-15,25H2,1-2H3,(H,27,32,34). The first-order valence-electron chi connectivity index (χ1n) is 11.5. The van der Waals surface area contributed by atoms with Gasteiger partial charge in [-0.2, -0.15) is 0 Å². The average Bonchev–Trinajstić information content (AvgIpc) is 2.84. The second-order valence-electron chi connectivity index (χ2n) is 7.95. The number of nitrogens with zero attached hydrogens (tertiary/aromatic N) is 4. The minimum absolute atomic E-state index is 0.0351. The smallest absolute Gasteiger partial charge is 0.330 e. The van der Waals surface area contributed by atoms with E-state index < -0.39 is 11.2 Å². The van der Waals surface area contributed by atoms with Crippen molar-refractivity contribution in [1.29, 1.82) is 0 Å². The Kier molecular flexibility index (Phi) is 8.69. The van der Waals surface area contributed by atoms with Crippen molar-refractivity contribution in [2.45, 2.75) is 51.4 Å². The summed E-state index contributed by atoms with van der Waals surface area (Å²) in [6, 6.07) is 7.01. The quantitative estimate of drug-likeness (QED) is 0.235. The number of anilines is 2. The van der Waals surface area contributed by atoms with Crippen molar-refractivity contribution < 1.29 is 4.79 Å². The molecule has 0 fully saturated rings. The number of carbonyl (C=O) groups excluding carboxylic acids is 1. The molecule has 10 nitrogen and oxygen atoms in total. The number of allylic oxidation sites excluding steroid dienone is 1. The van der Waals surface area contributed by atoms with E-state index in [2.05, 4.69) is 16.5 Å². The van der Waals surface area contributed by atoms with E-state index >= 15 is 0 Å². The van der Waals surface area contributed by atoms with E-state index in [1.165, 1.54) is 14.0 Å². The van der Waals surface area contributed by atoms with Crippen LogP contribution in [0.25, 0.3) is 10.9 Å². The predicted octanol–water partition coefficient (Wildman–Crippen LogP) is 2.35. The molecule has 35 heavy (non-hydrogen) atoms. The predicted molar refractivity (Wildman–Crippen MR) is 140 cm³/mol. The van der Waals surface area contributed by atoms with Gasteiger partial charge in [0.25, 0.3) is 11.1 Å². The number of benzene rings is 1. The summed E-state index contributed by atoms with van der Waals surface area (Å²) in [7, 11) is 0. The molecule has 0 atom stereocenters. The van der Waals surface area contributed by atoms with Gasteiger partial charge in [-0.1, -0.05) is 50.2 Å². The van der Waals surface area contributed by atoms with Gasteiger partial charge in [0.2, 0.25) is 5.91 Å². The van der Waals surface area contributed by atoms with Gasteiger partial charge in [0.05, 0.1) is 16.7 Å². The van der Waals surface area contributed by atoms with E-state index in [0.717, 1.165) is 18.2 Å². The summed E-state index contributed by atoms with van der Waals surface area (Å²) >= 11 is 1.10. The molecule has 2 heterocycles. The first kappa shape index (κ1) is 26.0. The zero-order valence-corrected chi connectivity index (χ0v) is 20.8. The minimum Gasteiger partial charge on any atom is -0.383 e. The fourth-order valence-corrected chi connectivity index (χ4v) is 4.60. The molecular weight excluding hydrogens is 468 g/mol. The topological polar surface area (TPSA) is 136 Å². The number of para-hydroxylation sites is 1. The fraction of sp³-hybridized carbons (Fsp3) is 0.375. The van der Waals surface area contributed by atoms with Crippen LogP contribution in [-0.2, 0) is 17.9 Å². The molecule has 186 valence electrons. The molecule has 2 aromatic heterocycles. The molecule has 0 saturated heterocycles. The van der Waals surface area contributed by atoms with Crippen LogP contribution < -0.4 is 27.4 Å². The summed E-state index contributed by atoms with van der Waals surface area (Å²) in [5, 5.41) is 0.849. The lowest BCUT2D eigenvalue weighted by Crippen LogP contribution is -2.42. The second kappa shape index (κ2) is 11.7. The van der Waals surface area contributed by atoms with E-state index in [4.69, 9.17) is 5.73 Å². The van der Waals surface area contributed by atoms with E-state index in [-0.39, 0.29) is 41.8 Å². The summed E-state index contributed by atoms with van der Waals surface area (Å²) < 4.78 is 2.73. The zero-order chi connectivity index (χ0) is 25.5. The van der Waals surface area contributed by atoms with Crippen molar-refractivity contribution in [3.05, 3.63) is 68.1 Å². The highest BCUT2D eigenvalue weighted by atomic mass is 32.2. The van der Waals surface area contributed by atoms with Gasteiger partial charge in [0, 0.05) is 19.6 Å². The molecule has 0 spiro atoms. The van der Waals surface area contributed by atoms with Crippen LogP contribution in [-0.4, -0.2) is 37.3 Å². The van der Waals surface area contributed by atoms with Gasteiger partial charge in [-0.3, -0.25) is 28.5 Å². The van der Waals surface area contributed by atoms with Gasteiger partial charge in [-0.25, -0.2) is 9.78 Å². The van der Waals surface area contributed by atoms with Crippen LogP contribution in [0.3, 0.4) is 0 Å². The maximum Gasteiger partial charge on any atom is 0.330 e. The SMILES string of the molecule is C=CCn1c(SCC(=O)N(CCCC)c2c(N)n(CCC)c(=O)[nH]c2=O)nc2ccccc2c1=O. The third kappa shape index (κ3) is 5.56. The number of hydrogen-bond acceptors (Lipinski definition) is 7. The van der Waals surface area contributed by atoms with Crippen LogP contribution in [0.15, 0.2) is 56.5 Å². The third-order valence-electron chi connectivity index (χ3n) is 5.43. The molecule has 11 heteroatoms. The van der Waals surface area contributed by atoms with Crippen LogP contribution in [0.4, 0.5) is 11.5 Å². The molecule has 0 aliphatic heterocycles. The van der Waals surface area contributed by atoms with Crippen LogP contribution in [0, 0.1) is 0 Å². The van der Waals surface area contributed by atoms with Gasteiger partial charge >= 0.3 is 5.69 Å². The molecule has 0 aliphatic carbocycles. The summed E-state index contributed by atoms with van der Waals surface area (Å²) in [4.78, 5) is 59.5. The third-order valence-corrected chi connectivity index (χ3v) is 6.39. The monoisotopic (exact) mass is 498 g/mol. The number of thioether (sulfide) groups is 1. The maximum absolute atomic E-state index is 13.4. The molecular formula is C24H30N6O4S. The van der Waals surface area contributed by atoms with E-state index in [1.54, 1.807) is 30.3 Å². The number of fused-ring (bicyclic) bond motifs is 1. The Morgan fingerprint density at radius 3 is 2.63 bits per heavy atom. The van der Waals surface area contributed by atoms with E-state index in [9.17, 15) is 19.2 Å². The number of carbonyl (C=O) groups is 1. The van der Waals surface area contributed by atoms with Gasteiger partial charge in [-0.15, -0.1) is 6.58 Å². The van der Waals surface area contributed by atoms with Gasteiger partial charge < -0.3 is 10.6 Å². The molecule has 3 N–H and O–H groups in total. The second-order valence-corrected chi connectivity index (χ2v) is 8.89. The van der Waals surface area contributed by atoms with Crippen LogP contribution in [0.1, 0.15) is 33.1 Å². The minimum atomic E-state index is -0.707. The normalized spacial score (nSPS) is 11.0. The number of unbranched alkanes of at least 4 members (excludes halogenated alkanes) is 1. The Balaban J connectivity index is 1.99. The Morgan fingerprint density at radius 2 is 1.94 bits per heavy atom. The number of amides is 1. The maximum atomic E-state index is 13.4. The molecule has 1 amide bonds. The summed E-state index contributed by atoms with van der Waals surface area (Å²) in [6.07, 6.45) is 3.64. The van der Waals surface area contributed by atoms with Crippen molar-refractivity contribution in [3.63, 3.8) is 0 Å². The van der Waals surface area contributed by atoms with Crippen molar-refractivity contribution in [2.24, 2.45) is 0 Å². The largest absolute Gasteiger partial charge is 0.383 e. The zero-order valence-electron chi connectivity index (χ0n) is 20.0. The number of H-pyrrole nitrogens is 1. The molecule has 0 aliphatic rings. The molecule has 1 aromatic carbocycles. The number of aromatic nitrogens is 4.